The van der Waals surface area contributed by atoms with Gasteiger partial charge in [-0.25, -0.2) is 8.78 Å². The molecule has 0 saturated heterocycles. The molecule has 0 radical (unpaired) electrons. The summed E-state index contributed by atoms with van der Waals surface area (Å²) in [5.41, 5.74) is 5.63. The topological polar surface area (TPSA) is 55.1 Å². The van der Waals surface area contributed by atoms with E-state index in [-0.39, 0.29) is 31.5 Å². The molecule has 0 aliphatic carbocycles. The van der Waals surface area contributed by atoms with Gasteiger partial charge in [0.15, 0.2) is 5.82 Å². The summed E-state index contributed by atoms with van der Waals surface area (Å²) >= 11 is 14.6. The molecule has 0 spiro atoms. The predicted molar refractivity (Wildman–Crippen MR) is 82.9 cm³/mol. The Bertz CT molecular complexity index is 694. The van der Waals surface area contributed by atoms with Gasteiger partial charge < -0.3 is 11.1 Å². The van der Waals surface area contributed by atoms with Crippen LogP contribution < -0.4 is 11.1 Å². The fraction of sp³-hybridized carbons (Fsp3) is 0. The van der Waals surface area contributed by atoms with Crippen LogP contribution in [0, 0.1) is 11.6 Å². The Balaban J connectivity index is 2.35. The van der Waals surface area contributed by atoms with Crippen LogP contribution >= 0.6 is 39.1 Å². The number of nitrogens with two attached hydrogens (primary N) is 1. The second-order valence-electron chi connectivity index (χ2n) is 4.06. The van der Waals surface area contributed by atoms with Crippen LogP contribution in [0.3, 0.4) is 0 Å². The first-order chi connectivity index (χ1) is 9.79. The van der Waals surface area contributed by atoms with E-state index in [0.717, 1.165) is 6.07 Å². The second-order valence-corrected chi connectivity index (χ2v) is 5.70. The maximum Gasteiger partial charge on any atom is 0.255 e. The minimum atomic E-state index is -0.914. The molecule has 0 aromatic heterocycles. The molecular formula is C13H7BrCl2F2N2O. The molecule has 110 valence electrons. The van der Waals surface area contributed by atoms with E-state index >= 15 is 0 Å². The van der Waals surface area contributed by atoms with E-state index < -0.39 is 17.5 Å². The van der Waals surface area contributed by atoms with Crippen molar-refractivity contribution in [3.8, 4) is 0 Å². The number of carbonyl (C=O) groups excluding carboxylic acids is 1. The van der Waals surface area contributed by atoms with E-state index in [4.69, 9.17) is 28.9 Å². The lowest BCUT2D eigenvalue weighted by Gasteiger charge is -2.10. The van der Waals surface area contributed by atoms with Crippen molar-refractivity contribution in [1.29, 1.82) is 0 Å². The van der Waals surface area contributed by atoms with Gasteiger partial charge in [0.1, 0.15) is 5.82 Å². The number of nitrogen functional groups attached to an aromatic ring is 1. The van der Waals surface area contributed by atoms with Crippen LogP contribution in [0.4, 0.5) is 20.2 Å². The zero-order valence-electron chi connectivity index (χ0n) is 10.2. The number of anilines is 2. The molecule has 2 aromatic carbocycles. The van der Waals surface area contributed by atoms with Crippen LogP contribution in [0.25, 0.3) is 0 Å². The summed E-state index contributed by atoms with van der Waals surface area (Å²) in [4.78, 5) is 12.1. The normalized spacial score (nSPS) is 10.5. The SMILES string of the molecule is Nc1cc(C(=O)Nc2c(F)cc(F)cc2Br)cc(Cl)c1Cl. The zero-order valence-corrected chi connectivity index (χ0v) is 13.3. The maximum absolute atomic E-state index is 13.7. The van der Waals surface area contributed by atoms with E-state index in [1.54, 1.807) is 0 Å². The van der Waals surface area contributed by atoms with Gasteiger partial charge in [-0.1, -0.05) is 23.2 Å². The molecule has 3 nitrogen and oxygen atoms in total. The van der Waals surface area contributed by atoms with Crippen LogP contribution in [-0.2, 0) is 0 Å². The van der Waals surface area contributed by atoms with Crippen molar-refractivity contribution in [1.82, 2.24) is 0 Å². The molecule has 0 bridgehead atoms. The summed E-state index contributed by atoms with van der Waals surface area (Å²) in [7, 11) is 0. The molecule has 21 heavy (non-hydrogen) atoms. The third-order valence-electron chi connectivity index (χ3n) is 2.56. The quantitative estimate of drug-likeness (QED) is 0.712. The van der Waals surface area contributed by atoms with Crippen molar-refractivity contribution in [3.05, 3.63) is 56.0 Å². The smallest absolute Gasteiger partial charge is 0.255 e. The minimum Gasteiger partial charge on any atom is -0.397 e. The highest BCUT2D eigenvalue weighted by Crippen LogP contribution is 2.31. The number of hydrogen-bond acceptors (Lipinski definition) is 2. The van der Waals surface area contributed by atoms with Gasteiger partial charge in [-0.15, -0.1) is 0 Å². The van der Waals surface area contributed by atoms with Crippen LogP contribution in [-0.4, -0.2) is 5.91 Å². The molecule has 0 unspecified atom stereocenters. The van der Waals surface area contributed by atoms with Crippen molar-refractivity contribution in [2.24, 2.45) is 0 Å². The number of carbonyl (C=O) groups is 1. The molecule has 1 amide bonds. The van der Waals surface area contributed by atoms with Gasteiger partial charge in [0.25, 0.3) is 5.91 Å². The average Bonchev–Trinajstić information content (AvgIpc) is 2.39. The van der Waals surface area contributed by atoms with Crippen molar-refractivity contribution in [2.45, 2.75) is 0 Å². The molecule has 0 saturated carbocycles. The lowest BCUT2D eigenvalue weighted by Crippen LogP contribution is -2.14. The monoisotopic (exact) mass is 394 g/mol. The van der Waals surface area contributed by atoms with Crippen LogP contribution in [0.15, 0.2) is 28.7 Å². The van der Waals surface area contributed by atoms with E-state index in [0.29, 0.717) is 6.07 Å². The Hall–Kier alpha value is -1.37. The number of halogens is 5. The van der Waals surface area contributed by atoms with E-state index in [1.807, 2.05) is 0 Å². The van der Waals surface area contributed by atoms with Crippen LogP contribution in [0.5, 0.6) is 0 Å². The van der Waals surface area contributed by atoms with Gasteiger partial charge >= 0.3 is 0 Å². The molecule has 2 aromatic rings. The van der Waals surface area contributed by atoms with Gasteiger partial charge in [-0.3, -0.25) is 4.79 Å². The van der Waals surface area contributed by atoms with E-state index in [9.17, 15) is 13.6 Å². The van der Waals surface area contributed by atoms with Gasteiger partial charge in [-0.2, -0.15) is 0 Å². The van der Waals surface area contributed by atoms with E-state index in [1.165, 1.54) is 12.1 Å². The molecular weight excluding hydrogens is 389 g/mol. The summed E-state index contributed by atoms with van der Waals surface area (Å²) < 4.78 is 26.7. The highest BCUT2D eigenvalue weighted by Gasteiger charge is 2.16. The van der Waals surface area contributed by atoms with Crippen molar-refractivity contribution < 1.29 is 13.6 Å². The highest BCUT2D eigenvalue weighted by atomic mass is 79.9. The fourth-order valence-electron chi connectivity index (χ4n) is 1.59. The molecule has 3 N–H and O–H groups in total. The molecule has 0 aliphatic rings. The standard InChI is InChI=1S/C13H7BrCl2F2N2O/c14-7-3-6(17)4-9(18)12(7)20-13(21)5-1-8(15)11(16)10(19)2-5/h1-4H,19H2,(H,20,21). The maximum atomic E-state index is 13.7. The molecule has 2 rings (SSSR count). The summed E-state index contributed by atoms with van der Waals surface area (Å²) in [5.74, 6) is -2.34. The number of rotatable bonds is 2. The molecule has 0 fully saturated rings. The van der Waals surface area contributed by atoms with Crippen LogP contribution in [0.1, 0.15) is 10.4 Å². The first-order valence-electron chi connectivity index (χ1n) is 5.50. The molecule has 0 aliphatic heterocycles. The fourth-order valence-corrected chi connectivity index (χ4v) is 2.43. The summed E-state index contributed by atoms with van der Waals surface area (Å²) in [6.07, 6.45) is 0. The van der Waals surface area contributed by atoms with Gasteiger partial charge in [-0.05, 0) is 34.1 Å². The van der Waals surface area contributed by atoms with Crippen molar-refractivity contribution in [3.63, 3.8) is 0 Å². The van der Waals surface area contributed by atoms with Crippen LogP contribution in [0.2, 0.25) is 10.0 Å². The minimum absolute atomic E-state index is 0.0707. The van der Waals surface area contributed by atoms with Crippen molar-refractivity contribution in [2.75, 3.05) is 11.1 Å². The Kier molecular flexibility index (Phi) is 4.70. The second kappa shape index (κ2) is 6.17. The zero-order chi connectivity index (χ0) is 15.7. The predicted octanol–water partition coefficient (Wildman–Crippen LogP) is 4.87. The number of benzene rings is 2. The van der Waals surface area contributed by atoms with E-state index in [2.05, 4.69) is 21.2 Å². The third-order valence-corrected chi connectivity index (χ3v) is 4.01. The molecule has 8 heteroatoms. The van der Waals surface area contributed by atoms with Gasteiger partial charge in [0.2, 0.25) is 0 Å². The Morgan fingerprint density at radius 2 is 1.86 bits per heavy atom. The third kappa shape index (κ3) is 3.45. The first-order valence-corrected chi connectivity index (χ1v) is 7.05. The first kappa shape index (κ1) is 16.0. The lowest BCUT2D eigenvalue weighted by molar-refractivity contribution is 0.102. The average molecular weight is 396 g/mol. The Morgan fingerprint density at radius 3 is 2.43 bits per heavy atom. The molecule has 0 atom stereocenters. The summed E-state index contributed by atoms with van der Waals surface area (Å²) in [6.45, 7) is 0. The summed E-state index contributed by atoms with van der Waals surface area (Å²) in [6, 6.07) is 4.29. The van der Waals surface area contributed by atoms with Crippen molar-refractivity contribution >= 4 is 56.4 Å². The van der Waals surface area contributed by atoms with Gasteiger partial charge in [0, 0.05) is 16.1 Å². The highest BCUT2D eigenvalue weighted by molar-refractivity contribution is 9.10. The molecule has 0 heterocycles. The number of amides is 1. The largest absolute Gasteiger partial charge is 0.397 e. The summed E-state index contributed by atoms with van der Waals surface area (Å²) in [5, 5.41) is 2.54. The number of hydrogen-bond donors (Lipinski definition) is 2. The Labute approximate surface area is 137 Å². The van der Waals surface area contributed by atoms with Gasteiger partial charge in [0.05, 0.1) is 21.4 Å². The lowest BCUT2D eigenvalue weighted by atomic mass is 10.2. The Morgan fingerprint density at radius 1 is 1.19 bits per heavy atom. The number of nitrogens with one attached hydrogen (secondary N) is 1.